The minimum absolute atomic E-state index is 0.0286. The number of amides is 2. The van der Waals surface area contributed by atoms with E-state index in [0.29, 0.717) is 19.5 Å². The van der Waals surface area contributed by atoms with Crippen LogP contribution in [0.1, 0.15) is 65.2 Å². The van der Waals surface area contributed by atoms with Crippen molar-refractivity contribution in [1.29, 1.82) is 0 Å². The second-order valence-corrected chi connectivity index (χ2v) is 5.43. The Bertz CT molecular complexity index is 292. The lowest BCUT2D eigenvalue weighted by Gasteiger charge is -2.32. The predicted molar refractivity (Wildman–Crippen MR) is 76.8 cm³/mol. The molecule has 1 aliphatic heterocycles. The average molecular weight is 268 g/mol. The Balaban J connectivity index is 2.12. The van der Waals surface area contributed by atoms with Gasteiger partial charge in [0.15, 0.2) is 0 Å². The van der Waals surface area contributed by atoms with Crippen molar-refractivity contribution in [3.63, 3.8) is 0 Å². The second-order valence-electron chi connectivity index (χ2n) is 5.43. The summed E-state index contributed by atoms with van der Waals surface area (Å²) in [6, 6.07) is -0.300. The van der Waals surface area contributed by atoms with Crippen LogP contribution in [-0.2, 0) is 9.59 Å². The highest BCUT2D eigenvalue weighted by atomic mass is 16.2. The van der Waals surface area contributed by atoms with Crippen LogP contribution in [0.4, 0.5) is 0 Å². The van der Waals surface area contributed by atoms with Crippen LogP contribution in [-0.4, -0.2) is 35.8 Å². The van der Waals surface area contributed by atoms with Crippen LogP contribution in [0.15, 0.2) is 0 Å². The summed E-state index contributed by atoms with van der Waals surface area (Å²) in [6.07, 6.45) is 9.08. The summed E-state index contributed by atoms with van der Waals surface area (Å²) < 4.78 is 0. The van der Waals surface area contributed by atoms with E-state index in [1.54, 1.807) is 11.8 Å². The third-order valence-corrected chi connectivity index (χ3v) is 3.81. The maximum absolute atomic E-state index is 12.0. The lowest BCUT2D eigenvalue weighted by molar-refractivity contribution is -0.142. The smallest absolute Gasteiger partial charge is 0.242 e. The summed E-state index contributed by atoms with van der Waals surface area (Å²) in [7, 11) is 0. The normalized spacial score (nSPS) is 19.4. The maximum Gasteiger partial charge on any atom is 0.242 e. The van der Waals surface area contributed by atoms with Gasteiger partial charge >= 0.3 is 0 Å². The van der Waals surface area contributed by atoms with Crippen molar-refractivity contribution in [2.24, 2.45) is 0 Å². The molecular formula is C15H28N2O2. The molecule has 19 heavy (non-hydrogen) atoms. The predicted octanol–water partition coefficient (Wildman–Crippen LogP) is 2.47. The number of unbranched alkanes of at least 4 members (excludes halogenated alkanes) is 6. The summed E-state index contributed by atoms with van der Waals surface area (Å²) in [5.74, 6) is 0.107. The molecular weight excluding hydrogens is 240 g/mol. The molecule has 0 aromatic rings. The highest BCUT2D eigenvalue weighted by molar-refractivity contribution is 5.88. The van der Waals surface area contributed by atoms with Crippen molar-refractivity contribution in [2.45, 2.75) is 71.3 Å². The van der Waals surface area contributed by atoms with Crippen molar-refractivity contribution in [3.05, 3.63) is 0 Å². The van der Waals surface area contributed by atoms with E-state index in [1.807, 2.05) is 0 Å². The largest absolute Gasteiger partial charge is 0.353 e. The first-order chi connectivity index (χ1) is 9.16. The fourth-order valence-corrected chi connectivity index (χ4v) is 2.50. The first-order valence-corrected chi connectivity index (χ1v) is 7.74. The fraction of sp³-hybridized carbons (Fsp3) is 0.867. The molecule has 1 atom stereocenters. The van der Waals surface area contributed by atoms with Gasteiger partial charge in [-0.15, -0.1) is 0 Å². The molecule has 0 saturated carbocycles. The van der Waals surface area contributed by atoms with Crippen LogP contribution < -0.4 is 5.32 Å². The van der Waals surface area contributed by atoms with Crippen LogP contribution in [0.5, 0.6) is 0 Å². The molecule has 0 spiro atoms. The first-order valence-electron chi connectivity index (χ1n) is 7.74. The summed E-state index contributed by atoms with van der Waals surface area (Å²) in [5, 5.41) is 2.78. The number of piperazine rings is 1. The third kappa shape index (κ3) is 5.62. The molecule has 1 fully saturated rings. The minimum atomic E-state index is -0.300. The number of nitrogens with zero attached hydrogens (tertiary/aromatic N) is 1. The molecule has 0 aliphatic carbocycles. The molecule has 1 heterocycles. The van der Waals surface area contributed by atoms with Crippen molar-refractivity contribution in [2.75, 3.05) is 13.1 Å². The van der Waals surface area contributed by atoms with Crippen LogP contribution in [0.25, 0.3) is 0 Å². The Morgan fingerprint density at radius 3 is 2.53 bits per heavy atom. The van der Waals surface area contributed by atoms with Gasteiger partial charge in [-0.25, -0.2) is 0 Å². The van der Waals surface area contributed by atoms with Crippen molar-refractivity contribution in [1.82, 2.24) is 10.2 Å². The Morgan fingerprint density at radius 2 is 1.84 bits per heavy atom. The molecule has 0 aromatic carbocycles. The number of rotatable bonds is 8. The first kappa shape index (κ1) is 16.0. The molecule has 1 rings (SSSR count). The monoisotopic (exact) mass is 268 g/mol. The minimum Gasteiger partial charge on any atom is -0.353 e. The SMILES string of the molecule is CCCCCCCCCC(=O)N1CCNC(=O)C1C. The van der Waals surface area contributed by atoms with Crippen molar-refractivity contribution < 1.29 is 9.59 Å². The molecule has 1 unspecified atom stereocenters. The van der Waals surface area contributed by atoms with E-state index in [1.165, 1.54) is 32.1 Å². The zero-order valence-electron chi connectivity index (χ0n) is 12.4. The van der Waals surface area contributed by atoms with Gasteiger partial charge in [-0.05, 0) is 13.3 Å². The van der Waals surface area contributed by atoms with Gasteiger partial charge in [0.05, 0.1) is 0 Å². The summed E-state index contributed by atoms with van der Waals surface area (Å²) >= 11 is 0. The van der Waals surface area contributed by atoms with Crippen LogP contribution >= 0.6 is 0 Å². The molecule has 1 N–H and O–H groups in total. The standard InChI is InChI=1S/C15H28N2O2/c1-3-4-5-6-7-8-9-10-14(18)17-12-11-16-15(19)13(17)2/h13H,3-12H2,1-2H3,(H,16,19). The third-order valence-electron chi connectivity index (χ3n) is 3.81. The molecule has 4 nitrogen and oxygen atoms in total. The van der Waals surface area contributed by atoms with Gasteiger partial charge in [0, 0.05) is 19.5 Å². The van der Waals surface area contributed by atoms with Gasteiger partial charge in [-0.3, -0.25) is 9.59 Å². The van der Waals surface area contributed by atoms with E-state index < -0.39 is 0 Å². The average Bonchev–Trinajstić information content (AvgIpc) is 2.40. The van der Waals surface area contributed by atoms with Crippen LogP contribution in [0.2, 0.25) is 0 Å². The van der Waals surface area contributed by atoms with Gasteiger partial charge < -0.3 is 10.2 Å². The van der Waals surface area contributed by atoms with Gasteiger partial charge in [0.25, 0.3) is 0 Å². The summed E-state index contributed by atoms with van der Waals surface area (Å²) in [4.78, 5) is 25.2. The number of hydrogen-bond donors (Lipinski definition) is 1. The maximum atomic E-state index is 12.0. The zero-order valence-corrected chi connectivity index (χ0v) is 12.4. The van der Waals surface area contributed by atoms with Crippen LogP contribution in [0.3, 0.4) is 0 Å². The van der Waals surface area contributed by atoms with Crippen LogP contribution in [0, 0.1) is 0 Å². The molecule has 0 aromatic heterocycles. The Kier molecular flexibility index (Phi) is 7.53. The molecule has 4 heteroatoms. The van der Waals surface area contributed by atoms with Crippen molar-refractivity contribution >= 4 is 11.8 Å². The van der Waals surface area contributed by atoms with Crippen molar-refractivity contribution in [3.8, 4) is 0 Å². The van der Waals surface area contributed by atoms with Gasteiger partial charge in [0.1, 0.15) is 6.04 Å². The fourth-order valence-electron chi connectivity index (χ4n) is 2.50. The summed E-state index contributed by atoms with van der Waals surface area (Å²) in [6.45, 7) is 5.26. The highest BCUT2D eigenvalue weighted by Crippen LogP contribution is 2.11. The Morgan fingerprint density at radius 1 is 1.21 bits per heavy atom. The van der Waals surface area contributed by atoms with Gasteiger partial charge in [-0.2, -0.15) is 0 Å². The van der Waals surface area contributed by atoms with E-state index in [9.17, 15) is 9.59 Å². The topological polar surface area (TPSA) is 49.4 Å². The molecule has 110 valence electrons. The quantitative estimate of drug-likeness (QED) is 0.688. The van der Waals surface area contributed by atoms with E-state index >= 15 is 0 Å². The lowest BCUT2D eigenvalue weighted by Crippen LogP contribution is -2.55. The second kappa shape index (κ2) is 8.94. The van der Waals surface area contributed by atoms with Gasteiger partial charge in [0.2, 0.25) is 11.8 Å². The van der Waals surface area contributed by atoms with E-state index in [4.69, 9.17) is 0 Å². The molecule has 2 amide bonds. The molecule has 0 bridgehead atoms. The zero-order chi connectivity index (χ0) is 14.1. The molecule has 1 aliphatic rings. The Labute approximate surface area is 116 Å². The Hall–Kier alpha value is -1.06. The molecule has 0 radical (unpaired) electrons. The number of carbonyl (C=O) groups is 2. The molecule has 1 saturated heterocycles. The number of nitrogens with one attached hydrogen (secondary N) is 1. The number of hydrogen-bond acceptors (Lipinski definition) is 2. The summed E-state index contributed by atoms with van der Waals surface area (Å²) in [5.41, 5.74) is 0. The van der Waals surface area contributed by atoms with E-state index in [0.717, 1.165) is 12.8 Å². The lowest BCUT2D eigenvalue weighted by atomic mass is 10.1. The number of carbonyl (C=O) groups excluding carboxylic acids is 2. The van der Waals surface area contributed by atoms with E-state index in [-0.39, 0.29) is 17.9 Å². The van der Waals surface area contributed by atoms with E-state index in [2.05, 4.69) is 12.2 Å². The van der Waals surface area contributed by atoms with Gasteiger partial charge in [-0.1, -0.05) is 45.4 Å². The highest BCUT2D eigenvalue weighted by Gasteiger charge is 2.28.